The molecule has 0 bridgehead atoms. The van der Waals surface area contributed by atoms with E-state index in [2.05, 4.69) is 23.6 Å². The molecule has 1 saturated heterocycles. The Labute approximate surface area is 113 Å². The van der Waals surface area contributed by atoms with Crippen LogP contribution in [0.15, 0.2) is 0 Å². The van der Waals surface area contributed by atoms with E-state index in [0.29, 0.717) is 5.54 Å². The molecule has 0 aromatic rings. The predicted octanol–water partition coefficient (Wildman–Crippen LogP) is 1.92. The highest BCUT2D eigenvalue weighted by atomic mass is 15.3. The topological polar surface area (TPSA) is 32.5 Å². The summed E-state index contributed by atoms with van der Waals surface area (Å²) in [5.41, 5.74) is 6.48. The van der Waals surface area contributed by atoms with Gasteiger partial charge < -0.3 is 10.6 Å². The van der Waals surface area contributed by atoms with Gasteiger partial charge in [0, 0.05) is 44.8 Å². The van der Waals surface area contributed by atoms with Crippen molar-refractivity contribution in [3.63, 3.8) is 0 Å². The lowest BCUT2D eigenvalue weighted by molar-refractivity contribution is 0.0104. The lowest BCUT2D eigenvalue weighted by Gasteiger charge is -2.49. The van der Waals surface area contributed by atoms with Crippen LogP contribution in [0.5, 0.6) is 0 Å². The van der Waals surface area contributed by atoms with Gasteiger partial charge in [0.05, 0.1) is 0 Å². The van der Waals surface area contributed by atoms with Crippen LogP contribution in [0.25, 0.3) is 0 Å². The van der Waals surface area contributed by atoms with Gasteiger partial charge in [-0.25, -0.2) is 0 Å². The van der Waals surface area contributed by atoms with Gasteiger partial charge in [-0.05, 0) is 18.8 Å². The monoisotopic (exact) mass is 253 g/mol. The second kappa shape index (κ2) is 6.36. The van der Waals surface area contributed by atoms with Crippen LogP contribution >= 0.6 is 0 Å². The summed E-state index contributed by atoms with van der Waals surface area (Å²) < 4.78 is 0. The summed E-state index contributed by atoms with van der Waals surface area (Å²) in [5.74, 6) is 0.787. The number of hydrogen-bond acceptors (Lipinski definition) is 3. The first-order valence-corrected chi connectivity index (χ1v) is 7.84. The van der Waals surface area contributed by atoms with Crippen LogP contribution in [0.2, 0.25) is 0 Å². The van der Waals surface area contributed by atoms with Crippen molar-refractivity contribution in [2.75, 3.05) is 39.3 Å². The van der Waals surface area contributed by atoms with E-state index >= 15 is 0 Å². The zero-order valence-electron chi connectivity index (χ0n) is 12.3. The van der Waals surface area contributed by atoms with Crippen LogP contribution in [0.3, 0.4) is 0 Å². The summed E-state index contributed by atoms with van der Waals surface area (Å²) in [7, 11) is 0. The molecule has 0 spiro atoms. The molecule has 1 aliphatic heterocycles. The van der Waals surface area contributed by atoms with Gasteiger partial charge in [-0.2, -0.15) is 0 Å². The SMILES string of the molecule is CC(C)CN1CCN(C2(CN)CCCCC2)CC1. The Balaban J connectivity index is 1.87. The minimum atomic E-state index is 0.349. The maximum absolute atomic E-state index is 6.13. The normalized spacial score (nSPS) is 26.7. The lowest BCUT2D eigenvalue weighted by atomic mass is 9.80. The fourth-order valence-corrected chi connectivity index (χ4v) is 3.78. The summed E-state index contributed by atoms with van der Waals surface area (Å²) in [6.07, 6.45) is 6.82. The molecule has 2 aliphatic rings. The highest BCUT2D eigenvalue weighted by Gasteiger charge is 2.37. The third kappa shape index (κ3) is 3.25. The maximum Gasteiger partial charge on any atom is 0.0332 e. The number of piperazine rings is 1. The average molecular weight is 253 g/mol. The van der Waals surface area contributed by atoms with E-state index in [1.165, 1.54) is 64.8 Å². The summed E-state index contributed by atoms with van der Waals surface area (Å²) >= 11 is 0. The van der Waals surface area contributed by atoms with E-state index in [4.69, 9.17) is 5.73 Å². The molecule has 0 radical (unpaired) electrons. The Morgan fingerprint density at radius 1 is 1.00 bits per heavy atom. The van der Waals surface area contributed by atoms with Crippen LogP contribution < -0.4 is 5.73 Å². The molecule has 1 saturated carbocycles. The fraction of sp³-hybridized carbons (Fsp3) is 1.00. The molecule has 0 amide bonds. The van der Waals surface area contributed by atoms with Gasteiger partial charge in [0.1, 0.15) is 0 Å². The van der Waals surface area contributed by atoms with Gasteiger partial charge in [-0.15, -0.1) is 0 Å². The number of nitrogens with two attached hydrogens (primary N) is 1. The van der Waals surface area contributed by atoms with E-state index in [9.17, 15) is 0 Å². The zero-order chi connectivity index (χ0) is 13.0. The van der Waals surface area contributed by atoms with Gasteiger partial charge in [0.25, 0.3) is 0 Å². The molecule has 0 atom stereocenters. The smallest absolute Gasteiger partial charge is 0.0332 e. The molecule has 3 nitrogen and oxygen atoms in total. The second-order valence-electron chi connectivity index (χ2n) is 6.67. The van der Waals surface area contributed by atoms with Crippen molar-refractivity contribution in [3.8, 4) is 0 Å². The van der Waals surface area contributed by atoms with Gasteiger partial charge in [-0.1, -0.05) is 33.1 Å². The third-order valence-electron chi connectivity index (χ3n) is 4.83. The predicted molar refractivity (Wildman–Crippen MR) is 77.7 cm³/mol. The first-order valence-electron chi connectivity index (χ1n) is 7.84. The molecule has 1 heterocycles. The van der Waals surface area contributed by atoms with E-state index in [1.807, 2.05) is 0 Å². The summed E-state index contributed by atoms with van der Waals surface area (Å²) in [4.78, 5) is 5.33. The largest absolute Gasteiger partial charge is 0.329 e. The Kier molecular flexibility index (Phi) is 5.05. The molecule has 0 aromatic heterocycles. The van der Waals surface area contributed by atoms with Crippen molar-refractivity contribution in [2.24, 2.45) is 11.7 Å². The van der Waals surface area contributed by atoms with Gasteiger partial charge in [0.2, 0.25) is 0 Å². The highest BCUT2D eigenvalue weighted by Crippen LogP contribution is 2.33. The Bertz CT molecular complexity index is 238. The highest BCUT2D eigenvalue weighted by molar-refractivity contribution is 4.96. The Hall–Kier alpha value is -0.120. The van der Waals surface area contributed by atoms with E-state index in [1.54, 1.807) is 0 Å². The lowest BCUT2D eigenvalue weighted by Crippen LogP contribution is -2.61. The molecule has 2 N–H and O–H groups in total. The molecular weight excluding hydrogens is 222 g/mol. The zero-order valence-corrected chi connectivity index (χ0v) is 12.3. The van der Waals surface area contributed by atoms with E-state index in [0.717, 1.165) is 12.5 Å². The molecular formula is C15H31N3. The molecule has 106 valence electrons. The summed E-state index contributed by atoms with van der Waals surface area (Å²) in [6.45, 7) is 11.7. The first kappa shape index (κ1) is 14.3. The average Bonchev–Trinajstić information content (AvgIpc) is 2.39. The molecule has 0 aromatic carbocycles. The van der Waals surface area contributed by atoms with Crippen molar-refractivity contribution >= 4 is 0 Å². The Morgan fingerprint density at radius 2 is 1.61 bits per heavy atom. The second-order valence-corrected chi connectivity index (χ2v) is 6.67. The van der Waals surface area contributed by atoms with Gasteiger partial charge in [-0.3, -0.25) is 4.90 Å². The fourth-order valence-electron chi connectivity index (χ4n) is 3.78. The molecule has 2 rings (SSSR count). The Morgan fingerprint density at radius 3 is 2.11 bits per heavy atom. The molecule has 18 heavy (non-hydrogen) atoms. The summed E-state index contributed by atoms with van der Waals surface area (Å²) in [5, 5.41) is 0. The van der Waals surface area contributed by atoms with Gasteiger partial charge >= 0.3 is 0 Å². The van der Waals surface area contributed by atoms with Crippen molar-refractivity contribution in [1.82, 2.24) is 9.80 Å². The van der Waals surface area contributed by atoms with Crippen molar-refractivity contribution in [3.05, 3.63) is 0 Å². The number of hydrogen-bond donors (Lipinski definition) is 1. The first-order chi connectivity index (χ1) is 8.66. The van der Waals surface area contributed by atoms with Crippen molar-refractivity contribution in [1.29, 1.82) is 0 Å². The van der Waals surface area contributed by atoms with Crippen LogP contribution in [0.1, 0.15) is 46.0 Å². The molecule has 2 fully saturated rings. The van der Waals surface area contributed by atoms with E-state index in [-0.39, 0.29) is 0 Å². The molecule has 1 aliphatic carbocycles. The number of nitrogens with zero attached hydrogens (tertiary/aromatic N) is 2. The third-order valence-corrected chi connectivity index (χ3v) is 4.83. The standard InChI is InChI=1S/C15H31N3/c1-14(2)12-17-8-10-18(11-9-17)15(13-16)6-4-3-5-7-15/h14H,3-13,16H2,1-2H3. The minimum absolute atomic E-state index is 0.349. The van der Waals surface area contributed by atoms with Crippen LogP contribution in [0, 0.1) is 5.92 Å². The van der Waals surface area contributed by atoms with Crippen molar-refractivity contribution < 1.29 is 0 Å². The number of rotatable bonds is 4. The van der Waals surface area contributed by atoms with Crippen LogP contribution in [-0.4, -0.2) is 54.6 Å². The van der Waals surface area contributed by atoms with E-state index < -0.39 is 0 Å². The molecule has 3 heteroatoms. The minimum Gasteiger partial charge on any atom is -0.329 e. The van der Waals surface area contributed by atoms with Crippen molar-refractivity contribution in [2.45, 2.75) is 51.5 Å². The van der Waals surface area contributed by atoms with Crippen LogP contribution in [-0.2, 0) is 0 Å². The molecule has 0 unspecified atom stereocenters. The maximum atomic E-state index is 6.13. The van der Waals surface area contributed by atoms with Gasteiger partial charge in [0.15, 0.2) is 0 Å². The quantitative estimate of drug-likeness (QED) is 0.831. The van der Waals surface area contributed by atoms with Crippen LogP contribution in [0.4, 0.5) is 0 Å². The summed E-state index contributed by atoms with van der Waals surface area (Å²) in [6, 6.07) is 0.